The zero-order chi connectivity index (χ0) is 15.5. The molecule has 1 aliphatic heterocycles. The van der Waals surface area contributed by atoms with E-state index < -0.39 is 11.7 Å². The van der Waals surface area contributed by atoms with Crippen molar-refractivity contribution in [3.8, 4) is 0 Å². The molecule has 0 unspecified atom stereocenters. The van der Waals surface area contributed by atoms with E-state index >= 15 is 0 Å². The minimum Gasteiger partial charge on any atom is -0.394 e. The van der Waals surface area contributed by atoms with Crippen LogP contribution >= 0.6 is 0 Å². The van der Waals surface area contributed by atoms with Crippen molar-refractivity contribution < 1.29 is 23.0 Å². The van der Waals surface area contributed by atoms with Crippen molar-refractivity contribution in [2.45, 2.75) is 25.1 Å². The number of aliphatic hydroxyl groups excluding tert-OH is 1. The van der Waals surface area contributed by atoms with Crippen LogP contribution in [0.4, 0.5) is 24.8 Å². The van der Waals surface area contributed by atoms with Gasteiger partial charge in [0.05, 0.1) is 24.9 Å². The number of aromatic nitrogens is 1. The fourth-order valence-corrected chi connectivity index (χ4v) is 2.33. The summed E-state index contributed by atoms with van der Waals surface area (Å²) in [5.74, 6) is 0.0985. The number of anilines is 2. The maximum absolute atomic E-state index is 12.8. The number of nitrogens with zero attached hydrogens (tertiary/aromatic N) is 2. The molecule has 5 nitrogen and oxygen atoms in total. The van der Waals surface area contributed by atoms with E-state index in [1.54, 1.807) is 4.90 Å². The van der Waals surface area contributed by atoms with Gasteiger partial charge in [0.15, 0.2) is 0 Å². The van der Waals surface area contributed by atoms with Gasteiger partial charge in [-0.05, 0) is 25.0 Å². The summed E-state index contributed by atoms with van der Waals surface area (Å²) in [5.41, 5.74) is 4.68. The van der Waals surface area contributed by atoms with E-state index in [1.165, 1.54) is 0 Å². The number of nitrogen functional groups attached to an aromatic ring is 1. The lowest BCUT2D eigenvalue weighted by atomic mass is 10.1. The van der Waals surface area contributed by atoms with Crippen LogP contribution in [0, 0.1) is 0 Å². The van der Waals surface area contributed by atoms with Crippen molar-refractivity contribution in [2.24, 2.45) is 0 Å². The zero-order valence-corrected chi connectivity index (χ0v) is 11.4. The standard InChI is InChI=1S/C13H18F3N3O2/c14-13(15,16)9-7-11(17)18-12(8-9)19-3-1-10(2-4-19)21-6-5-20/h7-8,10,20H,1-6H2,(H2,17,18). The molecule has 1 saturated heterocycles. The topological polar surface area (TPSA) is 71.6 Å². The van der Waals surface area contributed by atoms with Gasteiger partial charge in [0.1, 0.15) is 11.6 Å². The third-order valence-corrected chi connectivity index (χ3v) is 3.37. The summed E-state index contributed by atoms with van der Waals surface area (Å²) in [5, 5.41) is 8.70. The quantitative estimate of drug-likeness (QED) is 0.885. The highest BCUT2D eigenvalue weighted by molar-refractivity contribution is 5.49. The molecule has 0 bridgehead atoms. The summed E-state index contributed by atoms with van der Waals surface area (Å²) in [6, 6.07) is 1.85. The van der Waals surface area contributed by atoms with Gasteiger partial charge >= 0.3 is 6.18 Å². The van der Waals surface area contributed by atoms with Gasteiger partial charge in [-0.3, -0.25) is 0 Å². The first-order chi connectivity index (χ1) is 9.90. The van der Waals surface area contributed by atoms with Crippen LogP contribution in [0.15, 0.2) is 12.1 Å². The van der Waals surface area contributed by atoms with E-state index in [0.717, 1.165) is 12.1 Å². The Hall–Kier alpha value is -1.54. The lowest BCUT2D eigenvalue weighted by Crippen LogP contribution is -2.38. The van der Waals surface area contributed by atoms with Crippen molar-refractivity contribution >= 4 is 11.6 Å². The van der Waals surface area contributed by atoms with E-state index in [2.05, 4.69) is 4.98 Å². The summed E-state index contributed by atoms with van der Waals surface area (Å²) in [6.07, 6.45) is -3.05. The molecule has 1 aromatic rings. The average Bonchev–Trinajstić information content (AvgIpc) is 2.44. The van der Waals surface area contributed by atoms with Gasteiger partial charge in [0, 0.05) is 13.1 Å². The number of ether oxygens (including phenoxy) is 1. The Balaban J connectivity index is 2.05. The highest BCUT2D eigenvalue weighted by Gasteiger charge is 2.32. The van der Waals surface area contributed by atoms with Crippen LogP contribution in [0.1, 0.15) is 18.4 Å². The van der Waals surface area contributed by atoms with Crippen molar-refractivity contribution in [1.29, 1.82) is 0 Å². The number of halogens is 3. The number of hydrogen-bond donors (Lipinski definition) is 2. The Kier molecular flexibility index (Phi) is 4.89. The maximum Gasteiger partial charge on any atom is 0.416 e. The lowest BCUT2D eigenvalue weighted by Gasteiger charge is -2.33. The van der Waals surface area contributed by atoms with Crippen LogP contribution in [0.3, 0.4) is 0 Å². The fraction of sp³-hybridized carbons (Fsp3) is 0.615. The first-order valence-electron chi connectivity index (χ1n) is 6.72. The molecule has 2 heterocycles. The molecule has 1 aromatic heterocycles. The first kappa shape index (κ1) is 15.8. The van der Waals surface area contributed by atoms with E-state index in [9.17, 15) is 13.2 Å². The second kappa shape index (κ2) is 6.48. The van der Waals surface area contributed by atoms with Crippen molar-refractivity contribution in [1.82, 2.24) is 4.98 Å². The Bertz CT molecular complexity index is 474. The lowest BCUT2D eigenvalue weighted by molar-refractivity contribution is -0.137. The number of pyridine rings is 1. The number of piperidine rings is 1. The minimum absolute atomic E-state index is 0.0246. The van der Waals surface area contributed by atoms with Crippen LogP contribution in [0.25, 0.3) is 0 Å². The predicted octanol–water partition coefficient (Wildman–Crippen LogP) is 1.66. The first-order valence-corrected chi connectivity index (χ1v) is 6.72. The Morgan fingerprint density at radius 2 is 2.00 bits per heavy atom. The molecule has 1 fully saturated rings. The Morgan fingerprint density at radius 3 is 2.57 bits per heavy atom. The van der Waals surface area contributed by atoms with Gasteiger partial charge in [-0.2, -0.15) is 13.2 Å². The molecule has 2 rings (SSSR count). The van der Waals surface area contributed by atoms with Crippen LogP contribution < -0.4 is 10.6 Å². The second-order valence-corrected chi connectivity index (χ2v) is 4.92. The van der Waals surface area contributed by atoms with Crippen molar-refractivity contribution in [3.63, 3.8) is 0 Å². The fourth-order valence-electron chi connectivity index (χ4n) is 2.33. The molecule has 0 radical (unpaired) electrons. The molecule has 0 saturated carbocycles. The Morgan fingerprint density at radius 1 is 1.33 bits per heavy atom. The highest BCUT2D eigenvalue weighted by atomic mass is 19.4. The van der Waals surface area contributed by atoms with Crippen LogP contribution in [-0.4, -0.2) is 42.5 Å². The molecular weight excluding hydrogens is 287 g/mol. The number of aliphatic hydroxyl groups is 1. The smallest absolute Gasteiger partial charge is 0.394 e. The molecule has 0 atom stereocenters. The molecule has 0 spiro atoms. The highest BCUT2D eigenvalue weighted by Crippen LogP contribution is 2.33. The van der Waals surface area contributed by atoms with Crippen LogP contribution in [0.2, 0.25) is 0 Å². The molecule has 8 heteroatoms. The maximum atomic E-state index is 12.8. The normalized spacial score (nSPS) is 17.2. The Labute approximate surface area is 120 Å². The van der Waals surface area contributed by atoms with Gasteiger partial charge in [-0.1, -0.05) is 0 Å². The molecule has 3 N–H and O–H groups in total. The minimum atomic E-state index is -4.44. The van der Waals surface area contributed by atoms with Crippen molar-refractivity contribution in [3.05, 3.63) is 17.7 Å². The number of nitrogens with two attached hydrogens (primary N) is 1. The van der Waals surface area contributed by atoms with Gasteiger partial charge in [-0.25, -0.2) is 4.98 Å². The van der Waals surface area contributed by atoms with Crippen LogP contribution in [-0.2, 0) is 10.9 Å². The monoisotopic (exact) mass is 305 g/mol. The van der Waals surface area contributed by atoms with Gasteiger partial charge < -0.3 is 20.5 Å². The summed E-state index contributed by atoms with van der Waals surface area (Å²) < 4.78 is 43.7. The average molecular weight is 305 g/mol. The van der Waals surface area contributed by atoms with E-state index in [4.69, 9.17) is 15.6 Å². The van der Waals surface area contributed by atoms with Gasteiger partial charge in [0.2, 0.25) is 0 Å². The molecular formula is C13H18F3N3O2. The SMILES string of the molecule is Nc1cc(C(F)(F)F)cc(N2CCC(OCCO)CC2)n1. The summed E-state index contributed by atoms with van der Waals surface area (Å²) in [4.78, 5) is 5.75. The van der Waals surface area contributed by atoms with E-state index in [-0.39, 0.29) is 31.0 Å². The molecule has 1 aliphatic rings. The van der Waals surface area contributed by atoms with Crippen LogP contribution in [0.5, 0.6) is 0 Å². The summed E-state index contributed by atoms with van der Waals surface area (Å²) in [7, 11) is 0. The number of hydrogen-bond acceptors (Lipinski definition) is 5. The predicted molar refractivity (Wildman–Crippen MR) is 71.9 cm³/mol. The van der Waals surface area contributed by atoms with Gasteiger partial charge in [0.25, 0.3) is 0 Å². The zero-order valence-electron chi connectivity index (χ0n) is 11.4. The van der Waals surface area contributed by atoms with E-state index in [1.807, 2.05) is 0 Å². The van der Waals surface area contributed by atoms with Gasteiger partial charge in [-0.15, -0.1) is 0 Å². The molecule has 0 aromatic carbocycles. The summed E-state index contributed by atoms with van der Waals surface area (Å²) >= 11 is 0. The summed E-state index contributed by atoms with van der Waals surface area (Å²) in [6.45, 7) is 1.33. The molecule has 0 amide bonds. The third kappa shape index (κ3) is 4.21. The number of rotatable bonds is 4. The third-order valence-electron chi connectivity index (χ3n) is 3.37. The molecule has 118 valence electrons. The second-order valence-electron chi connectivity index (χ2n) is 4.92. The van der Waals surface area contributed by atoms with E-state index in [0.29, 0.717) is 25.9 Å². The number of alkyl halides is 3. The molecule has 21 heavy (non-hydrogen) atoms. The largest absolute Gasteiger partial charge is 0.416 e. The van der Waals surface area contributed by atoms with Crippen molar-refractivity contribution in [2.75, 3.05) is 36.9 Å². The molecule has 0 aliphatic carbocycles.